The summed E-state index contributed by atoms with van der Waals surface area (Å²) >= 11 is 0. The van der Waals surface area contributed by atoms with Crippen molar-refractivity contribution in [1.82, 2.24) is 9.97 Å². The highest BCUT2D eigenvalue weighted by Crippen LogP contribution is 2.24. The second-order valence-electron chi connectivity index (χ2n) is 3.91. The first-order chi connectivity index (χ1) is 9.15. The van der Waals surface area contributed by atoms with E-state index in [1.165, 1.54) is 12.4 Å². The highest BCUT2D eigenvalue weighted by Gasteiger charge is 2.10. The lowest BCUT2D eigenvalue weighted by molar-refractivity contribution is 0.509. The summed E-state index contributed by atoms with van der Waals surface area (Å²) in [6.45, 7) is 1.97. The summed E-state index contributed by atoms with van der Waals surface area (Å²) < 4.78 is 26.0. The Morgan fingerprint density at radius 3 is 2.47 bits per heavy atom. The largest absolute Gasteiger partial charge is 0.373 e. The standard InChI is InChI=1S/C13H14F2N4/c1-3-9-12(16-2)17-7-18-13(9)19-8-4-5-10(14)11(15)6-8/h4-7H,3H2,1-2H3,(H2,16,17,18,19). The van der Waals surface area contributed by atoms with Crippen LogP contribution in [-0.4, -0.2) is 17.0 Å². The summed E-state index contributed by atoms with van der Waals surface area (Å²) in [5, 5.41) is 5.94. The number of anilines is 3. The van der Waals surface area contributed by atoms with Gasteiger partial charge < -0.3 is 10.6 Å². The number of nitrogens with zero attached hydrogens (tertiary/aromatic N) is 2. The van der Waals surface area contributed by atoms with Gasteiger partial charge >= 0.3 is 0 Å². The van der Waals surface area contributed by atoms with Crippen LogP contribution < -0.4 is 10.6 Å². The molecule has 0 amide bonds. The fraction of sp³-hybridized carbons (Fsp3) is 0.231. The summed E-state index contributed by atoms with van der Waals surface area (Å²) in [6.07, 6.45) is 2.12. The molecule has 0 saturated heterocycles. The van der Waals surface area contributed by atoms with Crippen molar-refractivity contribution in [2.75, 3.05) is 17.7 Å². The molecule has 0 saturated carbocycles. The topological polar surface area (TPSA) is 49.8 Å². The first kappa shape index (κ1) is 13.2. The molecule has 19 heavy (non-hydrogen) atoms. The van der Waals surface area contributed by atoms with E-state index in [9.17, 15) is 8.78 Å². The van der Waals surface area contributed by atoms with Crippen LogP contribution in [0.5, 0.6) is 0 Å². The van der Waals surface area contributed by atoms with Crippen LogP contribution in [-0.2, 0) is 6.42 Å². The molecule has 1 heterocycles. The molecule has 0 spiro atoms. The zero-order chi connectivity index (χ0) is 13.8. The van der Waals surface area contributed by atoms with Gasteiger partial charge in [0.25, 0.3) is 0 Å². The normalized spacial score (nSPS) is 10.3. The molecule has 6 heteroatoms. The number of rotatable bonds is 4. The Kier molecular flexibility index (Phi) is 3.89. The van der Waals surface area contributed by atoms with Gasteiger partial charge in [-0.2, -0.15) is 0 Å². The van der Waals surface area contributed by atoms with Gasteiger partial charge in [0.15, 0.2) is 11.6 Å². The molecule has 2 aromatic rings. The van der Waals surface area contributed by atoms with Gasteiger partial charge in [-0.25, -0.2) is 18.7 Å². The molecule has 0 atom stereocenters. The average molecular weight is 264 g/mol. The summed E-state index contributed by atoms with van der Waals surface area (Å²) in [5.74, 6) is -0.485. The zero-order valence-corrected chi connectivity index (χ0v) is 10.7. The Bertz CT molecular complexity index is 587. The SMILES string of the molecule is CCc1c(NC)ncnc1Nc1ccc(F)c(F)c1. The maximum Gasteiger partial charge on any atom is 0.160 e. The van der Waals surface area contributed by atoms with E-state index >= 15 is 0 Å². The third kappa shape index (κ3) is 2.78. The number of hydrogen-bond donors (Lipinski definition) is 2. The second kappa shape index (κ2) is 5.60. The molecule has 2 rings (SSSR count). The maximum atomic E-state index is 13.1. The smallest absolute Gasteiger partial charge is 0.160 e. The molecule has 4 nitrogen and oxygen atoms in total. The van der Waals surface area contributed by atoms with Crippen molar-refractivity contribution < 1.29 is 8.78 Å². The van der Waals surface area contributed by atoms with E-state index in [2.05, 4.69) is 20.6 Å². The van der Waals surface area contributed by atoms with Gasteiger partial charge in [0, 0.05) is 24.4 Å². The third-order valence-electron chi connectivity index (χ3n) is 2.72. The van der Waals surface area contributed by atoms with E-state index in [0.29, 0.717) is 23.7 Å². The minimum atomic E-state index is -0.897. The van der Waals surface area contributed by atoms with Crippen LogP contribution in [0, 0.1) is 11.6 Å². The van der Waals surface area contributed by atoms with Crippen LogP contribution in [0.1, 0.15) is 12.5 Å². The molecule has 0 aliphatic carbocycles. The monoisotopic (exact) mass is 264 g/mol. The van der Waals surface area contributed by atoms with Crippen LogP contribution in [0.3, 0.4) is 0 Å². The molecule has 0 unspecified atom stereocenters. The number of nitrogens with one attached hydrogen (secondary N) is 2. The van der Waals surface area contributed by atoms with Crippen molar-refractivity contribution >= 4 is 17.3 Å². The van der Waals surface area contributed by atoms with Gasteiger partial charge in [0.2, 0.25) is 0 Å². The second-order valence-corrected chi connectivity index (χ2v) is 3.91. The van der Waals surface area contributed by atoms with E-state index in [4.69, 9.17) is 0 Å². The molecule has 100 valence electrons. The van der Waals surface area contributed by atoms with E-state index < -0.39 is 11.6 Å². The number of aromatic nitrogens is 2. The number of halogens is 2. The van der Waals surface area contributed by atoms with Crippen molar-refractivity contribution in [3.05, 3.63) is 41.7 Å². The lowest BCUT2D eigenvalue weighted by atomic mass is 10.2. The molecule has 0 aliphatic rings. The van der Waals surface area contributed by atoms with Crippen LogP contribution >= 0.6 is 0 Å². The van der Waals surface area contributed by atoms with Gasteiger partial charge in [-0.15, -0.1) is 0 Å². The quantitative estimate of drug-likeness (QED) is 0.891. The van der Waals surface area contributed by atoms with Crippen LogP contribution in [0.2, 0.25) is 0 Å². The molecular weight excluding hydrogens is 250 g/mol. The Hall–Kier alpha value is -2.24. The van der Waals surface area contributed by atoms with Gasteiger partial charge in [-0.05, 0) is 18.6 Å². The Labute approximate surface area is 109 Å². The molecule has 1 aromatic carbocycles. The van der Waals surface area contributed by atoms with E-state index in [1.54, 1.807) is 7.05 Å². The lowest BCUT2D eigenvalue weighted by Crippen LogP contribution is -2.05. The summed E-state index contributed by atoms with van der Waals surface area (Å²) in [5.41, 5.74) is 1.32. The first-order valence-electron chi connectivity index (χ1n) is 5.89. The highest BCUT2D eigenvalue weighted by molar-refractivity contribution is 5.64. The fourth-order valence-corrected chi connectivity index (χ4v) is 1.78. The maximum absolute atomic E-state index is 13.1. The van der Waals surface area contributed by atoms with Gasteiger partial charge in [0.05, 0.1) is 0 Å². The Balaban J connectivity index is 2.35. The first-order valence-corrected chi connectivity index (χ1v) is 5.89. The van der Waals surface area contributed by atoms with Gasteiger partial charge in [0.1, 0.15) is 18.0 Å². The van der Waals surface area contributed by atoms with Crippen molar-refractivity contribution in [2.45, 2.75) is 13.3 Å². The molecule has 0 bridgehead atoms. The Morgan fingerprint density at radius 2 is 1.84 bits per heavy atom. The van der Waals surface area contributed by atoms with E-state index in [-0.39, 0.29) is 0 Å². The van der Waals surface area contributed by atoms with Crippen molar-refractivity contribution in [3.8, 4) is 0 Å². The number of benzene rings is 1. The molecule has 0 fully saturated rings. The minimum absolute atomic E-state index is 0.439. The highest BCUT2D eigenvalue weighted by atomic mass is 19.2. The molecular formula is C13H14F2N4. The summed E-state index contributed by atoms with van der Waals surface area (Å²) in [4.78, 5) is 8.23. The molecule has 0 aliphatic heterocycles. The van der Waals surface area contributed by atoms with Gasteiger partial charge in [-0.3, -0.25) is 0 Å². The van der Waals surface area contributed by atoms with Crippen LogP contribution in [0.4, 0.5) is 26.1 Å². The number of hydrogen-bond acceptors (Lipinski definition) is 4. The summed E-state index contributed by atoms with van der Waals surface area (Å²) in [6, 6.07) is 3.62. The third-order valence-corrected chi connectivity index (χ3v) is 2.72. The lowest BCUT2D eigenvalue weighted by Gasteiger charge is -2.12. The van der Waals surface area contributed by atoms with Crippen molar-refractivity contribution in [3.63, 3.8) is 0 Å². The van der Waals surface area contributed by atoms with Crippen LogP contribution in [0.15, 0.2) is 24.5 Å². The van der Waals surface area contributed by atoms with Crippen molar-refractivity contribution in [1.29, 1.82) is 0 Å². The zero-order valence-electron chi connectivity index (χ0n) is 10.7. The fourth-order valence-electron chi connectivity index (χ4n) is 1.78. The molecule has 1 aromatic heterocycles. The predicted molar refractivity (Wildman–Crippen MR) is 70.6 cm³/mol. The van der Waals surface area contributed by atoms with E-state index in [1.807, 2.05) is 6.92 Å². The Morgan fingerprint density at radius 1 is 1.11 bits per heavy atom. The predicted octanol–water partition coefficient (Wildman–Crippen LogP) is 3.10. The average Bonchev–Trinajstić information content (AvgIpc) is 2.42. The summed E-state index contributed by atoms with van der Waals surface area (Å²) in [7, 11) is 1.77. The minimum Gasteiger partial charge on any atom is -0.373 e. The van der Waals surface area contributed by atoms with E-state index in [0.717, 1.165) is 17.7 Å². The van der Waals surface area contributed by atoms with Gasteiger partial charge in [-0.1, -0.05) is 6.92 Å². The molecule has 2 N–H and O–H groups in total. The molecule has 0 radical (unpaired) electrons. The van der Waals surface area contributed by atoms with Crippen LogP contribution in [0.25, 0.3) is 0 Å². The van der Waals surface area contributed by atoms with Crippen molar-refractivity contribution in [2.24, 2.45) is 0 Å².